The monoisotopic (exact) mass is 322 g/mol. The van der Waals surface area contributed by atoms with Crippen molar-refractivity contribution in [1.29, 1.82) is 0 Å². The van der Waals surface area contributed by atoms with Gasteiger partial charge in [0.1, 0.15) is 0 Å². The first-order valence-electron chi connectivity index (χ1n) is 7.71. The fraction of sp³-hybridized carbons (Fsp3) is 0.158. The zero-order chi connectivity index (χ0) is 16.9. The average molecular weight is 322 g/mol. The normalized spacial score (nSPS) is 10.5. The van der Waals surface area contributed by atoms with Crippen molar-refractivity contribution in [2.75, 3.05) is 13.7 Å². The lowest BCUT2D eigenvalue weighted by atomic mass is 10.1. The molecule has 0 spiro atoms. The van der Waals surface area contributed by atoms with Gasteiger partial charge in [-0.25, -0.2) is 4.79 Å². The molecule has 3 aromatic rings. The van der Waals surface area contributed by atoms with Crippen molar-refractivity contribution < 1.29 is 14.3 Å². The standard InChI is InChI=1S/C19H18N2O3/c1-24-19(23)16-8-3-2-7-15(16)18(22)20-11-10-13-12-21-17-9-5-4-6-14(13)17/h2-9,12,21H,10-11H2,1H3,(H,20,22). The first-order valence-corrected chi connectivity index (χ1v) is 7.71. The number of nitrogens with one attached hydrogen (secondary N) is 2. The van der Waals surface area contributed by atoms with Gasteiger partial charge in [-0.2, -0.15) is 0 Å². The van der Waals surface area contributed by atoms with E-state index in [1.54, 1.807) is 24.3 Å². The number of esters is 1. The first-order chi connectivity index (χ1) is 11.7. The number of hydrogen-bond acceptors (Lipinski definition) is 3. The molecule has 0 aliphatic heterocycles. The highest BCUT2D eigenvalue weighted by atomic mass is 16.5. The second-order valence-electron chi connectivity index (χ2n) is 5.40. The van der Waals surface area contributed by atoms with E-state index in [1.807, 2.05) is 24.4 Å². The molecule has 122 valence electrons. The van der Waals surface area contributed by atoms with Crippen LogP contribution >= 0.6 is 0 Å². The van der Waals surface area contributed by atoms with Gasteiger partial charge in [0.25, 0.3) is 5.91 Å². The quantitative estimate of drug-likeness (QED) is 0.710. The molecule has 1 amide bonds. The van der Waals surface area contributed by atoms with E-state index in [-0.39, 0.29) is 11.5 Å². The van der Waals surface area contributed by atoms with Gasteiger partial charge < -0.3 is 15.0 Å². The number of para-hydroxylation sites is 1. The number of amides is 1. The third-order valence-corrected chi connectivity index (χ3v) is 3.93. The zero-order valence-corrected chi connectivity index (χ0v) is 13.3. The van der Waals surface area contributed by atoms with E-state index in [4.69, 9.17) is 4.74 Å². The maximum atomic E-state index is 12.4. The first kappa shape index (κ1) is 15.8. The summed E-state index contributed by atoms with van der Waals surface area (Å²) in [5.74, 6) is -0.798. The van der Waals surface area contributed by atoms with Crippen molar-refractivity contribution in [2.45, 2.75) is 6.42 Å². The number of carbonyl (C=O) groups is 2. The Morgan fingerprint density at radius 3 is 2.54 bits per heavy atom. The topological polar surface area (TPSA) is 71.2 Å². The Balaban J connectivity index is 1.67. The zero-order valence-electron chi connectivity index (χ0n) is 13.3. The van der Waals surface area contributed by atoms with Crippen molar-refractivity contribution in [3.05, 3.63) is 71.4 Å². The number of methoxy groups -OCH3 is 1. The fourth-order valence-electron chi connectivity index (χ4n) is 2.71. The van der Waals surface area contributed by atoms with Crippen molar-refractivity contribution in [1.82, 2.24) is 10.3 Å². The molecule has 1 aromatic heterocycles. The molecule has 0 bridgehead atoms. The van der Waals surface area contributed by atoms with E-state index in [0.717, 1.165) is 16.5 Å². The van der Waals surface area contributed by atoms with Crippen molar-refractivity contribution in [3.8, 4) is 0 Å². The molecule has 0 atom stereocenters. The lowest BCUT2D eigenvalue weighted by Crippen LogP contribution is -2.27. The highest BCUT2D eigenvalue weighted by Crippen LogP contribution is 2.17. The van der Waals surface area contributed by atoms with Crippen molar-refractivity contribution in [3.63, 3.8) is 0 Å². The molecule has 2 aromatic carbocycles. The summed E-state index contributed by atoms with van der Waals surface area (Å²) in [5.41, 5.74) is 2.81. The Labute approximate surface area is 139 Å². The molecular weight excluding hydrogens is 304 g/mol. The summed E-state index contributed by atoms with van der Waals surface area (Å²) in [4.78, 5) is 27.3. The van der Waals surface area contributed by atoms with Crippen LogP contribution in [0.5, 0.6) is 0 Å². The molecule has 0 radical (unpaired) electrons. The van der Waals surface area contributed by atoms with Gasteiger partial charge in [-0.3, -0.25) is 4.79 Å². The van der Waals surface area contributed by atoms with Gasteiger partial charge in [0.05, 0.1) is 18.2 Å². The fourth-order valence-corrected chi connectivity index (χ4v) is 2.71. The number of fused-ring (bicyclic) bond motifs is 1. The van der Waals surface area contributed by atoms with Crippen molar-refractivity contribution in [2.24, 2.45) is 0 Å². The van der Waals surface area contributed by atoms with Crippen LogP contribution in [0.15, 0.2) is 54.7 Å². The summed E-state index contributed by atoms with van der Waals surface area (Å²) in [7, 11) is 1.30. The van der Waals surface area contributed by atoms with E-state index in [0.29, 0.717) is 18.5 Å². The van der Waals surface area contributed by atoms with Gasteiger partial charge in [-0.15, -0.1) is 0 Å². The smallest absolute Gasteiger partial charge is 0.338 e. The molecule has 2 N–H and O–H groups in total. The van der Waals surface area contributed by atoms with Gasteiger partial charge in [0.15, 0.2) is 0 Å². The molecule has 0 unspecified atom stereocenters. The summed E-state index contributed by atoms with van der Waals surface area (Å²) in [6.45, 7) is 0.482. The highest BCUT2D eigenvalue weighted by Gasteiger charge is 2.16. The van der Waals surface area contributed by atoms with Crippen LogP contribution < -0.4 is 5.32 Å². The van der Waals surface area contributed by atoms with Gasteiger partial charge in [0, 0.05) is 23.6 Å². The Morgan fingerprint density at radius 1 is 1.04 bits per heavy atom. The minimum atomic E-state index is -0.516. The molecule has 5 nitrogen and oxygen atoms in total. The van der Waals surface area contributed by atoms with Crippen LogP contribution in [0.1, 0.15) is 26.3 Å². The molecule has 0 saturated carbocycles. The Morgan fingerprint density at radius 2 is 1.75 bits per heavy atom. The van der Waals surface area contributed by atoms with E-state index < -0.39 is 5.97 Å². The van der Waals surface area contributed by atoms with E-state index in [1.165, 1.54) is 7.11 Å². The van der Waals surface area contributed by atoms with Gasteiger partial charge in [-0.05, 0) is 30.2 Å². The van der Waals surface area contributed by atoms with Crippen LogP contribution in [-0.2, 0) is 11.2 Å². The van der Waals surface area contributed by atoms with E-state index >= 15 is 0 Å². The molecule has 0 aliphatic carbocycles. The number of aromatic nitrogens is 1. The van der Waals surface area contributed by atoms with Gasteiger partial charge in [-0.1, -0.05) is 30.3 Å². The number of aromatic amines is 1. The summed E-state index contributed by atoms with van der Waals surface area (Å²) in [6, 6.07) is 14.7. The number of carbonyl (C=O) groups excluding carboxylic acids is 2. The maximum Gasteiger partial charge on any atom is 0.338 e. The number of rotatable bonds is 5. The molecule has 3 rings (SSSR count). The van der Waals surface area contributed by atoms with E-state index in [2.05, 4.69) is 16.4 Å². The molecule has 24 heavy (non-hydrogen) atoms. The Bertz CT molecular complexity index is 883. The summed E-state index contributed by atoms with van der Waals surface area (Å²) < 4.78 is 4.72. The minimum Gasteiger partial charge on any atom is -0.465 e. The lowest BCUT2D eigenvalue weighted by Gasteiger charge is -2.08. The Kier molecular flexibility index (Phi) is 4.61. The number of H-pyrrole nitrogens is 1. The van der Waals surface area contributed by atoms with Gasteiger partial charge >= 0.3 is 5.97 Å². The van der Waals surface area contributed by atoms with Crippen molar-refractivity contribution >= 4 is 22.8 Å². The van der Waals surface area contributed by atoms with Crippen LogP contribution in [0.3, 0.4) is 0 Å². The average Bonchev–Trinajstić information content (AvgIpc) is 3.04. The number of hydrogen-bond donors (Lipinski definition) is 2. The lowest BCUT2D eigenvalue weighted by molar-refractivity contribution is 0.0596. The van der Waals surface area contributed by atoms with Gasteiger partial charge in [0.2, 0.25) is 0 Å². The van der Waals surface area contributed by atoms with Crippen LogP contribution in [0, 0.1) is 0 Å². The minimum absolute atomic E-state index is 0.268. The largest absolute Gasteiger partial charge is 0.465 e. The number of ether oxygens (including phenoxy) is 1. The van der Waals surface area contributed by atoms with Crippen LogP contribution in [0.25, 0.3) is 10.9 Å². The molecule has 0 saturated heterocycles. The second kappa shape index (κ2) is 7.00. The van der Waals surface area contributed by atoms with E-state index in [9.17, 15) is 9.59 Å². The molecule has 0 fully saturated rings. The summed E-state index contributed by atoms with van der Waals surface area (Å²) in [6.07, 6.45) is 2.66. The second-order valence-corrected chi connectivity index (χ2v) is 5.40. The Hall–Kier alpha value is -3.08. The summed E-state index contributed by atoms with van der Waals surface area (Å²) in [5, 5.41) is 4.02. The van der Waals surface area contributed by atoms with Crippen LogP contribution in [-0.4, -0.2) is 30.5 Å². The predicted octanol–water partition coefficient (Wildman–Crippen LogP) is 2.93. The summed E-state index contributed by atoms with van der Waals surface area (Å²) >= 11 is 0. The molecular formula is C19H18N2O3. The SMILES string of the molecule is COC(=O)c1ccccc1C(=O)NCCc1c[nH]c2ccccc12. The molecule has 1 heterocycles. The third kappa shape index (κ3) is 3.15. The molecule has 0 aliphatic rings. The number of benzene rings is 2. The maximum absolute atomic E-state index is 12.4. The highest BCUT2D eigenvalue weighted by molar-refractivity contribution is 6.05. The predicted molar refractivity (Wildman–Crippen MR) is 92.1 cm³/mol. The molecule has 5 heteroatoms. The third-order valence-electron chi connectivity index (χ3n) is 3.93. The van der Waals surface area contributed by atoms with Crippen LogP contribution in [0.2, 0.25) is 0 Å². The van der Waals surface area contributed by atoms with Crippen LogP contribution in [0.4, 0.5) is 0 Å².